The molecule has 18 heavy (non-hydrogen) atoms. The van der Waals surface area contributed by atoms with E-state index < -0.39 is 0 Å². The smallest absolute Gasteiger partial charge is 0.132 e. The van der Waals surface area contributed by atoms with Gasteiger partial charge in [0.1, 0.15) is 11.6 Å². The molecule has 0 amide bonds. The van der Waals surface area contributed by atoms with Crippen molar-refractivity contribution in [3.63, 3.8) is 0 Å². The summed E-state index contributed by atoms with van der Waals surface area (Å²) >= 11 is 0. The van der Waals surface area contributed by atoms with Crippen LogP contribution in [0.2, 0.25) is 0 Å². The maximum atomic E-state index is 14.0. The van der Waals surface area contributed by atoms with Gasteiger partial charge in [-0.1, -0.05) is 18.2 Å². The average Bonchev–Trinajstić information content (AvgIpc) is 2.39. The minimum atomic E-state index is -0.324. The SMILES string of the molecule is N#CCCC1(c2ccccc2F)CCC(=O)CC1. The fourth-order valence-corrected chi connectivity index (χ4v) is 2.85. The van der Waals surface area contributed by atoms with Crippen molar-refractivity contribution in [2.24, 2.45) is 0 Å². The van der Waals surface area contributed by atoms with Crippen molar-refractivity contribution >= 4 is 5.78 Å². The Labute approximate surface area is 106 Å². The molecule has 1 aromatic carbocycles. The van der Waals surface area contributed by atoms with Crippen molar-refractivity contribution in [1.29, 1.82) is 5.26 Å². The lowest BCUT2D eigenvalue weighted by Gasteiger charge is -2.37. The van der Waals surface area contributed by atoms with E-state index in [2.05, 4.69) is 6.07 Å². The molecule has 0 saturated heterocycles. The number of nitrogens with zero attached hydrogens (tertiary/aromatic N) is 1. The van der Waals surface area contributed by atoms with Gasteiger partial charge in [0.05, 0.1) is 6.07 Å². The van der Waals surface area contributed by atoms with Gasteiger partial charge in [-0.2, -0.15) is 5.26 Å². The Kier molecular flexibility index (Phi) is 3.76. The van der Waals surface area contributed by atoms with E-state index in [4.69, 9.17) is 5.26 Å². The van der Waals surface area contributed by atoms with Crippen LogP contribution in [0.25, 0.3) is 0 Å². The van der Waals surface area contributed by atoms with E-state index in [9.17, 15) is 9.18 Å². The van der Waals surface area contributed by atoms with Crippen LogP contribution in [-0.4, -0.2) is 5.78 Å². The number of nitriles is 1. The molecule has 1 aliphatic carbocycles. The second-order valence-corrected chi connectivity index (χ2v) is 4.96. The van der Waals surface area contributed by atoms with E-state index in [1.165, 1.54) is 6.07 Å². The van der Waals surface area contributed by atoms with Crippen LogP contribution in [0.3, 0.4) is 0 Å². The second kappa shape index (κ2) is 5.30. The van der Waals surface area contributed by atoms with E-state index in [0.717, 1.165) is 0 Å². The van der Waals surface area contributed by atoms with Gasteiger partial charge in [0.15, 0.2) is 0 Å². The summed E-state index contributed by atoms with van der Waals surface area (Å²) < 4.78 is 14.0. The van der Waals surface area contributed by atoms with Crippen LogP contribution in [0, 0.1) is 17.1 Å². The number of hydrogen-bond donors (Lipinski definition) is 0. The predicted molar refractivity (Wildman–Crippen MR) is 66.4 cm³/mol. The zero-order valence-corrected chi connectivity index (χ0v) is 10.3. The maximum Gasteiger partial charge on any atom is 0.132 e. The van der Waals surface area contributed by atoms with Gasteiger partial charge in [-0.15, -0.1) is 0 Å². The second-order valence-electron chi connectivity index (χ2n) is 4.96. The standard InChI is InChI=1S/C15H16FNO/c16-14-5-2-1-4-13(14)15(8-3-11-17)9-6-12(18)7-10-15/h1-2,4-5H,3,6-10H2. The number of ketones is 1. The number of rotatable bonds is 3. The quantitative estimate of drug-likeness (QED) is 0.817. The maximum absolute atomic E-state index is 14.0. The molecule has 0 atom stereocenters. The molecule has 1 aliphatic rings. The lowest BCUT2D eigenvalue weighted by Crippen LogP contribution is -2.33. The van der Waals surface area contributed by atoms with E-state index in [0.29, 0.717) is 44.1 Å². The van der Waals surface area contributed by atoms with Crippen molar-refractivity contribution in [3.8, 4) is 6.07 Å². The number of Topliss-reactive ketones (excluding diaryl/α,β-unsaturated/α-hetero) is 1. The Bertz CT molecular complexity index is 480. The van der Waals surface area contributed by atoms with Crippen molar-refractivity contribution < 1.29 is 9.18 Å². The molecule has 0 aromatic heterocycles. The van der Waals surface area contributed by atoms with E-state index in [1.54, 1.807) is 12.1 Å². The lowest BCUT2D eigenvalue weighted by atomic mass is 9.66. The molecule has 94 valence electrons. The van der Waals surface area contributed by atoms with E-state index in [-0.39, 0.29) is 17.0 Å². The van der Waals surface area contributed by atoms with Gasteiger partial charge in [-0.05, 0) is 30.9 Å². The average molecular weight is 245 g/mol. The van der Waals surface area contributed by atoms with E-state index >= 15 is 0 Å². The Morgan fingerprint density at radius 1 is 1.28 bits per heavy atom. The topological polar surface area (TPSA) is 40.9 Å². The van der Waals surface area contributed by atoms with Gasteiger partial charge < -0.3 is 0 Å². The number of hydrogen-bond acceptors (Lipinski definition) is 2. The zero-order chi connectivity index (χ0) is 13.0. The zero-order valence-electron chi connectivity index (χ0n) is 10.3. The van der Waals surface area contributed by atoms with Crippen LogP contribution in [0.5, 0.6) is 0 Å². The third-order valence-electron chi connectivity index (χ3n) is 3.93. The Morgan fingerprint density at radius 2 is 1.94 bits per heavy atom. The fourth-order valence-electron chi connectivity index (χ4n) is 2.85. The molecule has 1 fully saturated rings. The summed E-state index contributed by atoms with van der Waals surface area (Å²) in [4.78, 5) is 11.4. The summed E-state index contributed by atoms with van der Waals surface area (Å²) in [5.74, 6) is 0.0312. The third-order valence-corrected chi connectivity index (χ3v) is 3.93. The molecule has 1 saturated carbocycles. The van der Waals surface area contributed by atoms with Gasteiger partial charge in [-0.3, -0.25) is 4.79 Å². The first-order valence-corrected chi connectivity index (χ1v) is 6.32. The van der Waals surface area contributed by atoms with Crippen molar-refractivity contribution in [3.05, 3.63) is 35.6 Å². The van der Waals surface area contributed by atoms with Gasteiger partial charge in [0, 0.05) is 24.7 Å². The van der Waals surface area contributed by atoms with Crippen molar-refractivity contribution in [1.82, 2.24) is 0 Å². The minimum Gasteiger partial charge on any atom is -0.300 e. The summed E-state index contributed by atoms with van der Waals surface area (Å²) in [6.07, 6.45) is 3.36. The molecule has 0 N–H and O–H groups in total. The molecule has 3 heteroatoms. The molecular formula is C15H16FNO. The largest absolute Gasteiger partial charge is 0.300 e. The number of halogens is 1. The Balaban J connectivity index is 2.33. The molecule has 0 spiro atoms. The number of carbonyl (C=O) groups is 1. The highest BCUT2D eigenvalue weighted by atomic mass is 19.1. The summed E-state index contributed by atoms with van der Waals surface area (Å²) in [5, 5.41) is 8.77. The van der Waals surface area contributed by atoms with Crippen LogP contribution in [-0.2, 0) is 10.2 Å². The Hall–Kier alpha value is -1.69. The molecule has 0 heterocycles. The van der Waals surface area contributed by atoms with Crippen LogP contribution in [0.4, 0.5) is 4.39 Å². The summed E-state index contributed by atoms with van der Waals surface area (Å²) in [5.41, 5.74) is 0.349. The van der Waals surface area contributed by atoms with Gasteiger partial charge in [0.25, 0.3) is 0 Å². The van der Waals surface area contributed by atoms with Gasteiger partial charge in [0.2, 0.25) is 0 Å². The predicted octanol–water partition coefficient (Wildman–Crippen LogP) is 3.51. The first kappa shape index (κ1) is 12.8. The summed E-state index contributed by atoms with van der Waals surface area (Å²) in [7, 11) is 0. The molecule has 0 aliphatic heterocycles. The third kappa shape index (κ3) is 2.43. The highest BCUT2D eigenvalue weighted by molar-refractivity contribution is 5.79. The van der Waals surface area contributed by atoms with E-state index in [1.807, 2.05) is 6.07 Å². The van der Waals surface area contributed by atoms with Crippen LogP contribution < -0.4 is 0 Å². The highest BCUT2D eigenvalue weighted by Crippen LogP contribution is 2.42. The minimum absolute atomic E-state index is 0.218. The van der Waals surface area contributed by atoms with Crippen LogP contribution in [0.15, 0.2) is 24.3 Å². The summed E-state index contributed by atoms with van der Waals surface area (Å²) in [6.45, 7) is 0. The molecule has 0 bridgehead atoms. The normalized spacial score (nSPS) is 18.3. The van der Waals surface area contributed by atoms with Crippen molar-refractivity contribution in [2.45, 2.75) is 43.9 Å². The molecule has 0 unspecified atom stereocenters. The monoisotopic (exact) mass is 245 g/mol. The molecule has 0 radical (unpaired) electrons. The highest BCUT2D eigenvalue weighted by Gasteiger charge is 2.37. The molecular weight excluding hydrogens is 229 g/mol. The fraction of sp³-hybridized carbons (Fsp3) is 0.467. The van der Waals surface area contributed by atoms with Crippen LogP contribution >= 0.6 is 0 Å². The first-order chi connectivity index (χ1) is 8.68. The summed E-state index contributed by atoms with van der Waals surface area (Å²) in [6, 6.07) is 8.88. The van der Waals surface area contributed by atoms with Crippen molar-refractivity contribution in [2.75, 3.05) is 0 Å². The lowest BCUT2D eigenvalue weighted by molar-refractivity contribution is -0.121. The van der Waals surface area contributed by atoms with Gasteiger partial charge in [-0.25, -0.2) is 4.39 Å². The first-order valence-electron chi connectivity index (χ1n) is 6.32. The number of benzene rings is 1. The molecule has 2 nitrogen and oxygen atoms in total. The molecule has 2 rings (SSSR count). The Morgan fingerprint density at radius 3 is 2.56 bits per heavy atom. The van der Waals surface area contributed by atoms with Gasteiger partial charge >= 0.3 is 0 Å². The van der Waals surface area contributed by atoms with Crippen LogP contribution in [0.1, 0.15) is 44.1 Å². The number of carbonyl (C=O) groups excluding carboxylic acids is 1. The molecule has 1 aromatic rings.